The average molecular weight is 276 g/mol. The van der Waals surface area contributed by atoms with Crippen LogP contribution in [0.2, 0.25) is 0 Å². The van der Waals surface area contributed by atoms with Crippen LogP contribution in [0.3, 0.4) is 0 Å². The molecule has 0 amide bonds. The van der Waals surface area contributed by atoms with Crippen molar-refractivity contribution in [3.8, 4) is 0 Å². The molecule has 0 aromatic carbocycles. The SMILES string of the molecule is CCn1cc(S(=O)(=O)NCCCC(C)O)c(N)n1. The van der Waals surface area contributed by atoms with Crippen molar-refractivity contribution in [2.75, 3.05) is 12.3 Å². The molecule has 7 nitrogen and oxygen atoms in total. The molecule has 1 rings (SSSR count). The zero-order chi connectivity index (χ0) is 13.8. The molecule has 0 radical (unpaired) electrons. The minimum absolute atomic E-state index is 0.000115. The Morgan fingerprint density at radius 2 is 2.28 bits per heavy atom. The Morgan fingerprint density at radius 3 is 2.78 bits per heavy atom. The fourth-order valence-electron chi connectivity index (χ4n) is 1.47. The maximum Gasteiger partial charge on any atom is 0.245 e. The zero-order valence-electron chi connectivity index (χ0n) is 10.6. The summed E-state index contributed by atoms with van der Waals surface area (Å²) >= 11 is 0. The Hall–Kier alpha value is -1.12. The number of hydrogen-bond acceptors (Lipinski definition) is 5. The first-order valence-corrected chi connectivity index (χ1v) is 7.35. The molecule has 0 saturated heterocycles. The highest BCUT2D eigenvalue weighted by Crippen LogP contribution is 2.15. The molecule has 0 saturated carbocycles. The number of sulfonamides is 1. The number of nitrogens with two attached hydrogens (primary N) is 1. The zero-order valence-corrected chi connectivity index (χ0v) is 11.4. The van der Waals surface area contributed by atoms with Gasteiger partial charge in [-0.3, -0.25) is 4.68 Å². The first-order valence-electron chi connectivity index (χ1n) is 5.87. The third-order valence-corrected chi connectivity index (χ3v) is 3.94. The van der Waals surface area contributed by atoms with Crippen molar-refractivity contribution < 1.29 is 13.5 Å². The Bertz CT molecular complexity index is 481. The lowest BCUT2D eigenvalue weighted by Crippen LogP contribution is -2.25. The number of nitrogens with one attached hydrogen (secondary N) is 1. The highest BCUT2D eigenvalue weighted by molar-refractivity contribution is 7.89. The lowest BCUT2D eigenvalue weighted by Gasteiger charge is -2.06. The molecule has 0 aliphatic carbocycles. The van der Waals surface area contributed by atoms with E-state index in [4.69, 9.17) is 10.8 Å². The third kappa shape index (κ3) is 3.97. The van der Waals surface area contributed by atoms with E-state index in [1.807, 2.05) is 6.92 Å². The fourth-order valence-corrected chi connectivity index (χ4v) is 2.61. The highest BCUT2D eigenvalue weighted by Gasteiger charge is 2.20. The second-order valence-corrected chi connectivity index (χ2v) is 5.86. The van der Waals surface area contributed by atoms with Crippen LogP contribution in [0.1, 0.15) is 26.7 Å². The van der Waals surface area contributed by atoms with Crippen LogP contribution in [0.15, 0.2) is 11.1 Å². The molecule has 18 heavy (non-hydrogen) atoms. The summed E-state index contributed by atoms with van der Waals surface area (Å²) in [4.78, 5) is 0.00129. The van der Waals surface area contributed by atoms with Crippen LogP contribution in [0.4, 0.5) is 5.82 Å². The van der Waals surface area contributed by atoms with Crippen molar-refractivity contribution in [3.63, 3.8) is 0 Å². The van der Waals surface area contributed by atoms with E-state index in [0.29, 0.717) is 19.4 Å². The van der Waals surface area contributed by atoms with Gasteiger partial charge in [0.15, 0.2) is 5.82 Å². The van der Waals surface area contributed by atoms with Gasteiger partial charge in [-0.25, -0.2) is 13.1 Å². The van der Waals surface area contributed by atoms with Crippen LogP contribution < -0.4 is 10.5 Å². The summed E-state index contributed by atoms with van der Waals surface area (Å²) in [6, 6.07) is 0. The van der Waals surface area contributed by atoms with Gasteiger partial charge in [0.1, 0.15) is 4.90 Å². The van der Waals surface area contributed by atoms with Gasteiger partial charge in [-0.1, -0.05) is 0 Å². The molecule has 1 unspecified atom stereocenters. The van der Waals surface area contributed by atoms with Crippen LogP contribution in [-0.2, 0) is 16.6 Å². The van der Waals surface area contributed by atoms with Gasteiger partial charge in [0, 0.05) is 19.3 Å². The molecule has 0 aliphatic rings. The van der Waals surface area contributed by atoms with Crippen LogP contribution in [0, 0.1) is 0 Å². The van der Waals surface area contributed by atoms with E-state index in [9.17, 15) is 8.42 Å². The summed E-state index contributed by atoms with van der Waals surface area (Å²) in [6.45, 7) is 4.34. The Balaban J connectivity index is 2.65. The predicted molar refractivity (Wildman–Crippen MR) is 68.4 cm³/mol. The van der Waals surface area contributed by atoms with Gasteiger partial charge >= 0.3 is 0 Å². The van der Waals surface area contributed by atoms with Crippen molar-refractivity contribution in [3.05, 3.63) is 6.20 Å². The van der Waals surface area contributed by atoms with Crippen LogP contribution in [0.25, 0.3) is 0 Å². The number of aliphatic hydroxyl groups excluding tert-OH is 1. The molecule has 0 spiro atoms. The smallest absolute Gasteiger partial charge is 0.245 e. The van der Waals surface area contributed by atoms with Gasteiger partial charge in [0.05, 0.1) is 6.10 Å². The first-order chi connectivity index (χ1) is 8.36. The van der Waals surface area contributed by atoms with Crippen molar-refractivity contribution in [1.29, 1.82) is 0 Å². The minimum atomic E-state index is -3.62. The maximum absolute atomic E-state index is 11.9. The van der Waals surface area contributed by atoms with Gasteiger partial charge in [-0.15, -0.1) is 0 Å². The van der Waals surface area contributed by atoms with E-state index in [2.05, 4.69) is 9.82 Å². The molecule has 0 aliphatic heterocycles. The lowest BCUT2D eigenvalue weighted by molar-refractivity contribution is 0.182. The summed E-state index contributed by atoms with van der Waals surface area (Å²) < 4.78 is 27.7. The summed E-state index contributed by atoms with van der Waals surface area (Å²) in [5.74, 6) is -0.000115. The predicted octanol–water partition coefficient (Wildman–Crippen LogP) is -0.0755. The standard InChI is InChI=1S/C10H20N4O3S/c1-3-14-7-9(10(11)13-14)18(16,17)12-6-4-5-8(2)15/h7-8,12,15H,3-6H2,1-2H3,(H2,11,13). The Labute approximate surface area is 107 Å². The van der Waals surface area contributed by atoms with E-state index in [1.54, 1.807) is 6.92 Å². The monoisotopic (exact) mass is 276 g/mol. The highest BCUT2D eigenvalue weighted by atomic mass is 32.2. The number of nitrogen functional groups attached to an aromatic ring is 1. The maximum atomic E-state index is 11.9. The van der Waals surface area contributed by atoms with E-state index in [1.165, 1.54) is 10.9 Å². The first kappa shape index (κ1) is 14.9. The van der Waals surface area contributed by atoms with Crippen molar-refractivity contribution in [2.45, 2.75) is 44.2 Å². The van der Waals surface area contributed by atoms with Crippen LogP contribution in [0.5, 0.6) is 0 Å². The number of rotatable bonds is 7. The Morgan fingerprint density at radius 1 is 1.61 bits per heavy atom. The molecular formula is C10H20N4O3S. The summed E-state index contributed by atoms with van der Waals surface area (Å²) in [7, 11) is -3.62. The number of aliphatic hydroxyl groups is 1. The minimum Gasteiger partial charge on any atom is -0.393 e. The molecule has 1 aromatic rings. The molecule has 0 bridgehead atoms. The van der Waals surface area contributed by atoms with Crippen molar-refractivity contribution in [1.82, 2.24) is 14.5 Å². The number of nitrogens with zero attached hydrogens (tertiary/aromatic N) is 2. The van der Waals surface area contributed by atoms with E-state index < -0.39 is 16.1 Å². The van der Waals surface area contributed by atoms with E-state index >= 15 is 0 Å². The third-order valence-electron chi connectivity index (χ3n) is 2.46. The summed E-state index contributed by atoms with van der Waals surface area (Å²) in [5.41, 5.74) is 5.56. The van der Waals surface area contributed by atoms with E-state index in [-0.39, 0.29) is 17.3 Å². The van der Waals surface area contributed by atoms with Crippen LogP contribution >= 0.6 is 0 Å². The summed E-state index contributed by atoms with van der Waals surface area (Å²) in [5, 5.41) is 13.0. The fraction of sp³-hybridized carbons (Fsp3) is 0.700. The molecular weight excluding hydrogens is 256 g/mol. The van der Waals surface area contributed by atoms with E-state index in [0.717, 1.165) is 0 Å². The molecule has 8 heteroatoms. The number of anilines is 1. The molecule has 1 atom stereocenters. The second kappa shape index (κ2) is 6.17. The summed E-state index contributed by atoms with van der Waals surface area (Å²) in [6.07, 6.45) is 2.10. The van der Waals surface area contributed by atoms with Crippen molar-refractivity contribution in [2.24, 2.45) is 0 Å². The second-order valence-electron chi connectivity index (χ2n) is 4.12. The molecule has 1 heterocycles. The van der Waals surface area contributed by atoms with Crippen LogP contribution in [-0.4, -0.2) is 36.0 Å². The molecule has 1 aromatic heterocycles. The van der Waals surface area contributed by atoms with Gasteiger partial charge in [-0.2, -0.15) is 5.10 Å². The normalized spacial score (nSPS) is 13.7. The van der Waals surface area contributed by atoms with Gasteiger partial charge in [-0.05, 0) is 26.7 Å². The molecule has 4 N–H and O–H groups in total. The number of aromatic nitrogens is 2. The number of hydrogen-bond donors (Lipinski definition) is 3. The van der Waals surface area contributed by atoms with Crippen molar-refractivity contribution >= 4 is 15.8 Å². The largest absolute Gasteiger partial charge is 0.393 e. The Kier molecular flexibility index (Phi) is 5.12. The molecule has 0 fully saturated rings. The van der Waals surface area contributed by atoms with Gasteiger partial charge < -0.3 is 10.8 Å². The van der Waals surface area contributed by atoms with Gasteiger partial charge in [0.25, 0.3) is 0 Å². The topological polar surface area (TPSA) is 110 Å². The average Bonchev–Trinajstić information content (AvgIpc) is 2.66. The van der Waals surface area contributed by atoms with Gasteiger partial charge in [0.2, 0.25) is 10.0 Å². The molecule has 104 valence electrons. The quantitative estimate of drug-likeness (QED) is 0.604. The lowest BCUT2D eigenvalue weighted by atomic mass is 10.2. The number of aryl methyl sites for hydroxylation is 1.